The molecule has 0 aromatic heterocycles. The smallest absolute Gasteiger partial charge is 0.326 e. The SMILES string of the molecule is CCOc1ccc(C=C2SC(=S)N(CCC(=O)NC(CCSC)C(=O)O)C2=O)cc1OC. The maximum atomic E-state index is 12.8. The van der Waals surface area contributed by atoms with Crippen LogP contribution < -0.4 is 14.8 Å². The van der Waals surface area contributed by atoms with Crippen molar-refractivity contribution >= 4 is 63.9 Å². The van der Waals surface area contributed by atoms with Crippen LogP contribution in [-0.2, 0) is 14.4 Å². The van der Waals surface area contributed by atoms with Crippen molar-refractivity contribution in [2.24, 2.45) is 0 Å². The molecular weight excluding hydrogens is 472 g/mol. The van der Waals surface area contributed by atoms with E-state index in [2.05, 4.69) is 5.32 Å². The number of methoxy groups -OCH3 is 1. The number of thioether (sulfide) groups is 2. The summed E-state index contributed by atoms with van der Waals surface area (Å²) in [6.07, 6.45) is 3.87. The summed E-state index contributed by atoms with van der Waals surface area (Å²) in [4.78, 5) is 38.1. The number of carboxylic acid groups (broad SMARTS) is 1. The van der Waals surface area contributed by atoms with Gasteiger partial charge in [-0.2, -0.15) is 11.8 Å². The molecule has 0 spiro atoms. The summed E-state index contributed by atoms with van der Waals surface area (Å²) < 4.78 is 11.2. The highest BCUT2D eigenvalue weighted by atomic mass is 32.2. The molecule has 0 radical (unpaired) electrons. The summed E-state index contributed by atoms with van der Waals surface area (Å²) in [5.74, 6) is -0.0185. The molecule has 1 unspecified atom stereocenters. The van der Waals surface area contributed by atoms with Crippen molar-refractivity contribution in [3.8, 4) is 11.5 Å². The molecule has 1 fully saturated rings. The molecule has 1 aliphatic rings. The van der Waals surface area contributed by atoms with Crippen LogP contribution in [0.2, 0.25) is 0 Å². The number of thiocarbonyl (C=S) groups is 1. The lowest BCUT2D eigenvalue weighted by atomic mass is 10.2. The van der Waals surface area contributed by atoms with Gasteiger partial charge in [0.25, 0.3) is 5.91 Å². The molecule has 2 N–H and O–H groups in total. The molecule has 1 aromatic carbocycles. The van der Waals surface area contributed by atoms with E-state index in [4.69, 9.17) is 21.7 Å². The van der Waals surface area contributed by atoms with Crippen molar-refractivity contribution in [2.45, 2.75) is 25.8 Å². The van der Waals surface area contributed by atoms with Crippen molar-refractivity contribution in [1.29, 1.82) is 0 Å². The van der Waals surface area contributed by atoms with Gasteiger partial charge in [-0.3, -0.25) is 14.5 Å². The summed E-state index contributed by atoms with van der Waals surface area (Å²) in [6, 6.07) is 4.41. The van der Waals surface area contributed by atoms with Gasteiger partial charge in [0.1, 0.15) is 10.4 Å². The van der Waals surface area contributed by atoms with E-state index in [-0.39, 0.29) is 18.9 Å². The van der Waals surface area contributed by atoms with Crippen LogP contribution in [0.1, 0.15) is 25.3 Å². The van der Waals surface area contributed by atoms with Crippen LogP contribution in [0.5, 0.6) is 11.5 Å². The molecule has 0 saturated carbocycles. The Hall–Kier alpha value is -2.24. The average molecular weight is 499 g/mol. The topological polar surface area (TPSA) is 105 Å². The first-order chi connectivity index (χ1) is 15.3. The Balaban J connectivity index is 2.02. The number of aliphatic carboxylic acids is 1. The van der Waals surface area contributed by atoms with E-state index < -0.39 is 17.9 Å². The second-order valence-electron chi connectivity index (χ2n) is 6.67. The molecule has 8 nitrogen and oxygen atoms in total. The molecular formula is C21H26N2O6S3. The second kappa shape index (κ2) is 12.7. The number of ether oxygens (including phenoxy) is 2. The Morgan fingerprint density at radius 2 is 2.12 bits per heavy atom. The largest absolute Gasteiger partial charge is 0.493 e. The lowest BCUT2D eigenvalue weighted by Crippen LogP contribution is -2.42. The molecule has 1 atom stereocenters. The molecule has 0 bridgehead atoms. The Morgan fingerprint density at radius 3 is 2.75 bits per heavy atom. The fourth-order valence-corrected chi connectivity index (χ4v) is 4.65. The number of hydrogen-bond donors (Lipinski definition) is 2. The van der Waals surface area contributed by atoms with Gasteiger partial charge >= 0.3 is 5.97 Å². The molecule has 1 aromatic rings. The minimum atomic E-state index is -1.08. The van der Waals surface area contributed by atoms with E-state index >= 15 is 0 Å². The van der Waals surface area contributed by atoms with Gasteiger partial charge in [-0.25, -0.2) is 4.79 Å². The van der Waals surface area contributed by atoms with Crippen LogP contribution in [-0.4, -0.2) is 70.4 Å². The monoisotopic (exact) mass is 498 g/mol. The van der Waals surface area contributed by atoms with Crippen LogP contribution in [0, 0.1) is 0 Å². The third-order valence-electron chi connectivity index (χ3n) is 4.47. The van der Waals surface area contributed by atoms with Gasteiger partial charge in [0.15, 0.2) is 11.5 Å². The van der Waals surface area contributed by atoms with E-state index in [9.17, 15) is 19.5 Å². The van der Waals surface area contributed by atoms with E-state index in [1.165, 1.54) is 16.7 Å². The second-order valence-corrected chi connectivity index (χ2v) is 9.33. The third kappa shape index (κ3) is 7.14. The van der Waals surface area contributed by atoms with Crippen molar-refractivity contribution < 1.29 is 29.0 Å². The number of carbonyl (C=O) groups is 3. The highest BCUT2D eigenvalue weighted by Crippen LogP contribution is 2.34. The number of carboxylic acids is 1. The van der Waals surface area contributed by atoms with E-state index in [0.29, 0.717) is 39.5 Å². The Morgan fingerprint density at radius 1 is 1.38 bits per heavy atom. The molecule has 1 saturated heterocycles. The first-order valence-corrected chi connectivity index (χ1v) is 12.5. The van der Waals surface area contributed by atoms with E-state index in [1.54, 1.807) is 25.3 Å². The maximum Gasteiger partial charge on any atom is 0.326 e. The molecule has 32 heavy (non-hydrogen) atoms. The minimum Gasteiger partial charge on any atom is -0.493 e. The fourth-order valence-electron chi connectivity index (χ4n) is 2.87. The molecule has 174 valence electrons. The lowest BCUT2D eigenvalue weighted by Gasteiger charge is -2.17. The van der Waals surface area contributed by atoms with Crippen molar-refractivity contribution in [3.05, 3.63) is 28.7 Å². The number of hydrogen-bond acceptors (Lipinski definition) is 8. The normalized spacial score (nSPS) is 15.7. The third-order valence-corrected chi connectivity index (χ3v) is 6.49. The maximum absolute atomic E-state index is 12.8. The summed E-state index contributed by atoms with van der Waals surface area (Å²) in [7, 11) is 1.54. The van der Waals surface area contributed by atoms with Gasteiger partial charge in [0.05, 0.1) is 18.6 Å². The zero-order valence-electron chi connectivity index (χ0n) is 18.1. The van der Waals surface area contributed by atoms with Gasteiger partial charge < -0.3 is 19.9 Å². The number of rotatable bonds is 12. The summed E-state index contributed by atoms with van der Waals surface area (Å²) in [5, 5.41) is 11.7. The van der Waals surface area contributed by atoms with E-state index in [0.717, 1.165) is 17.3 Å². The highest BCUT2D eigenvalue weighted by Gasteiger charge is 2.32. The van der Waals surface area contributed by atoms with Crippen LogP contribution in [0.4, 0.5) is 0 Å². The molecule has 1 aliphatic heterocycles. The van der Waals surface area contributed by atoms with Crippen molar-refractivity contribution in [3.63, 3.8) is 0 Å². The van der Waals surface area contributed by atoms with Crippen LogP contribution in [0.3, 0.4) is 0 Å². The Kier molecular flexibility index (Phi) is 10.3. The predicted molar refractivity (Wildman–Crippen MR) is 131 cm³/mol. The highest BCUT2D eigenvalue weighted by molar-refractivity contribution is 8.26. The van der Waals surface area contributed by atoms with Gasteiger partial charge in [0, 0.05) is 13.0 Å². The standard InChI is InChI=1S/C21H26N2O6S3/c1-4-29-15-6-5-13(11-16(15)28-2)12-17-19(25)23(21(30)32-17)9-7-18(24)22-14(20(26)27)8-10-31-3/h5-6,11-12,14H,4,7-10H2,1-3H3,(H,22,24)(H,26,27). The van der Waals surface area contributed by atoms with Crippen molar-refractivity contribution in [1.82, 2.24) is 10.2 Å². The van der Waals surface area contributed by atoms with Crippen LogP contribution in [0.25, 0.3) is 6.08 Å². The summed E-state index contributed by atoms with van der Waals surface area (Å²) in [5.41, 5.74) is 0.752. The Labute approximate surface area is 201 Å². The Bertz CT molecular complexity index is 906. The van der Waals surface area contributed by atoms with Gasteiger partial charge in [-0.15, -0.1) is 0 Å². The van der Waals surface area contributed by atoms with Gasteiger partial charge in [-0.1, -0.05) is 30.0 Å². The zero-order valence-corrected chi connectivity index (χ0v) is 20.5. The zero-order chi connectivity index (χ0) is 23.7. The number of nitrogens with one attached hydrogen (secondary N) is 1. The van der Waals surface area contributed by atoms with Gasteiger partial charge in [0.2, 0.25) is 5.91 Å². The molecule has 2 rings (SSSR count). The van der Waals surface area contributed by atoms with Crippen molar-refractivity contribution in [2.75, 3.05) is 32.3 Å². The molecule has 0 aliphatic carbocycles. The number of benzene rings is 1. The van der Waals surface area contributed by atoms with Gasteiger partial charge in [-0.05, 0) is 49.1 Å². The molecule has 1 heterocycles. The predicted octanol–water partition coefficient (Wildman–Crippen LogP) is 3.01. The molecule has 2 amide bonds. The van der Waals surface area contributed by atoms with Crippen LogP contribution >= 0.6 is 35.7 Å². The lowest BCUT2D eigenvalue weighted by molar-refractivity contribution is -0.142. The number of carbonyl (C=O) groups excluding carboxylic acids is 2. The van der Waals surface area contributed by atoms with E-state index in [1.807, 2.05) is 19.2 Å². The molecule has 11 heteroatoms. The fraction of sp³-hybridized carbons (Fsp3) is 0.429. The number of amides is 2. The first kappa shape index (κ1) is 26.0. The first-order valence-electron chi connectivity index (χ1n) is 9.88. The summed E-state index contributed by atoms with van der Waals surface area (Å²) in [6.45, 7) is 2.47. The number of nitrogens with zero attached hydrogens (tertiary/aromatic N) is 1. The minimum absolute atomic E-state index is 0.0420. The quantitative estimate of drug-likeness (QED) is 0.332. The van der Waals surface area contributed by atoms with Crippen LogP contribution in [0.15, 0.2) is 23.1 Å². The summed E-state index contributed by atoms with van der Waals surface area (Å²) >= 11 is 7.97. The average Bonchev–Trinajstić information content (AvgIpc) is 3.02.